The molecule has 104 valence electrons. The summed E-state index contributed by atoms with van der Waals surface area (Å²) < 4.78 is 5.99. The molecule has 0 aliphatic heterocycles. The number of amides is 1. The van der Waals surface area contributed by atoms with Gasteiger partial charge in [-0.2, -0.15) is 0 Å². The van der Waals surface area contributed by atoms with Crippen molar-refractivity contribution in [1.29, 1.82) is 0 Å². The molecule has 1 aromatic carbocycles. The highest BCUT2D eigenvalue weighted by Gasteiger charge is 2.23. The molecule has 3 N–H and O–H groups in total. The first-order valence-electron chi connectivity index (χ1n) is 5.50. The molecule has 0 spiro atoms. The molecule has 0 heterocycles. The van der Waals surface area contributed by atoms with E-state index in [9.17, 15) is 4.79 Å². The summed E-state index contributed by atoms with van der Waals surface area (Å²) in [6.07, 6.45) is 0. The van der Waals surface area contributed by atoms with Crippen LogP contribution < -0.4 is 10.5 Å². The van der Waals surface area contributed by atoms with Gasteiger partial charge in [0.2, 0.25) is 0 Å². The fraction of sp³-hybridized carbons (Fsp3) is 0.333. The number of hydrogen-bond donors (Lipinski definition) is 2. The second-order valence-electron chi connectivity index (χ2n) is 3.96. The zero-order valence-electron chi connectivity index (χ0n) is 10.9. The van der Waals surface area contributed by atoms with E-state index in [1.807, 2.05) is 0 Å². The van der Waals surface area contributed by atoms with Crippen LogP contribution in [-0.2, 0) is 0 Å². The summed E-state index contributed by atoms with van der Waals surface area (Å²) in [7, 11) is 3.07. The second kappa shape index (κ2) is 6.42. The zero-order valence-corrected chi connectivity index (χ0v) is 12.5. The Kier molecular flexibility index (Phi) is 5.17. The van der Waals surface area contributed by atoms with Crippen LogP contribution in [-0.4, -0.2) is 42.0 Å². The van der Waals surface area contributed by atoms with Gasteiger partial charge in [0.05, 0.1) is 18.7 Å². The molecule has 0 saturated heterocycles. The van der Waals surface area contributed by atoms with Gasteiger partial charge in [-0.1, -0.05) is 21.1 Å². The Balaban J connectivity index is 3.07. The summed E-state index contributed by atoms with van der Waals surface area (Å²) >= 11 is 3.31. The van der Waals surface area contributed by atoms with E-state index in [0.29, 0.717) is 11.3 Å². The highest BCUT2D eigenvalue weighted by molar-refractivity contribution is 9.10. The van der Waals surface area contributed by atoms with E-state index in [4.69, 9.17) is 15.7 Å². The third-order valence-corrected chi connectivity index (χ3v) is 3.33. The van der Waals surface area contributed by atoms with Crippen molar-refractivity contribution in [2.45, 2.75) is 13.0 Å². The van der Waals surface area contributed by atoms with E-state index < -0.39 is 6.04 Å². The van der Waals surface area contributed by atoms with Gasteiger partial charge >= 0.3 is 0 Å². The Bertz CT molecular complexity index is 505. The number of hydrogen-bond acceptors (Lipinski definition) is 4. The van der Waals surface area contributed by atoms with Crippen LogP contribution in [0, 0.1) is 0 Å². The molecule has 1 aromatic rings. The Morgan fingerprint density at radius 1 is 1.58 bits per heavy atom. The van der Waals surface area contributed by atoms with Crippen LogP contribution >= 0.6 is 15.9 Å². The van der Waals surface area contributed by atoms with Crippen molar-refractivity contribution < 1.29 is 14.7 Å². The maximum absolute atomic E-state index is 12.3. The molecule has 1 amide bonds. The van der Waals surface area contributed by atoms with Gasteiger partial charge in [0.25, 0.3) is 5.91 Å². The van der Waals surface area contributed by atoms with Crippen LogP contribution in [0.5, 0.6) is 5.75 Å². The predicted molar refractivity (Wildman–Crippen MR) is 75.7 cm³/mol. The quantitative estimate of drug-likeness (QED) is 0.380. The number of carbonyl (C=O) groups is 1. The normalized spacial score (nSPS) is 12.9. The Morgan fingerprint density at radius 2 is 2.21 bits per heavy atom. The Morgan fingerprint density at radius 3 is 2.74 bits per heavy atom. The number of amidine groups is 1. The molecule has 19 heavy (non-hydrogen) atoms. The van der Waals surface area contributed by atoms with Crippen LogP contribution in [0.2, 0.25) is 0 Å². The minimum absolute atomic E-state index is 0.0353. The molecule has 1 rings (SSSR count). The van der Waals surface area contributed by atoms with Crippen molar-refractivity contribution in [2.24, 2.45) is 10.9 Å². The van der Waals surface area contributed by atoms with Crippen LogP contribution in [0.1, 0.15) is 17.3 Å². The van der Waals surface area contributed by atoms with Gasteiger partial charge in [-0.3, -0.25) is 4.79 Å². The van der Waals surface area contributed by atoms with E-state index in [1.165, 1.54) is 12.0 Å². The number of nitrogens with zero attached hydrogens (tertiary/aromatic N) is 2. The van der Waals surface area contributed by atoms with Crippen LogP contribution in [0.15, 0.2) is 27.8 Å². The lowest BCUT2D eigenvalue weighted by Gasteiger charge is -2.24. The smallest absolute Gasteiger partial charge is 0.257 e. The Labute approximate surface area is 120 Å². The number of carbonyl (C=O) groups excluding carboxylic acids is 1. The number of rotatable bonds is 4. The second-order valence-corrected chi connectivity index (χ2v) is 4.88. The van der Waals surface area contributed by atoms with Gasteiger partial charge in [0, 0.05) is 11.5 Å². The van der Waals surface area contributed by atoms with Gasteiger partial charge in [0.15, 0.2) is 5.84 Å². The molecule has 0 saturated carbocycles. The molecule has 0 aliphatic rings. The number of ether oxygens (including phenoxy) is 1. The zero-order chi connectivity index (χ0) is 14.6. The lowest BCUT2D eigenvalue weighted by Crippen LogP contribution is -2.43. The highest BCUT2D eigenvalue weighted by Crippen LogP contribution is 2.24. The van der Waals surface area contributed by atoms with E-state index in [1.54, 1.807) is 32.2 Å². The standard InChI is InChI=1S/C12H16BrN3O3/c1-7(11(14)15-18)16(2)12(17)9-5-4-8(13)6-10(9)19-3/h4-7,18H,1-3H3,(H2,14,15). The number of likely N-dealkylation sites (N-methyl/N-ethyl adjacent to an activating group) is 1. The van der Waals surface area contributed by atoms with Crippen LogP contribution in [0.3, 0.4) is 0 Å². The maximum atomic E-state index is 12.3. The SMILES string of the molecule is COc1cc(Br)ccc1C(=O)N(C)C(C)/C(N)=N/O. The number of nitrogens with two attached hydrogens (primary N) is 1. The average Bonchev–Trinajstić information content (AvgIpc) is 2.43. The molecular weight excluding hydrogens is 314 g/mol. The minimum atomic E-state index is -0.522. The summed E-state index contributed by atoms with van der Waals surface area (Å²) in [5.74, 6) is 0.147. The third-order valence-electron chi connectivity index (χ3n) is 2.84. The van der Waals surface area contributed by atoms with Gasteiger partial charge in [-0.05, 0) is 25.1 Å². The first-order chi connectivity index (χ1) is 8.92. The van der Waals surface area contributed by atoms with Gasteiger partial charge < -0.3 is 20.6 Å². The summed E-state index contributed by atoms with van der Waals surface area (Å²) in [4.78, 5) is 13.7. The highest BCUT2D eigenvalue weighted by atomic mass is 79.9. The van der Waals surface area contributed by atoms with Crippen LogP contribution in [0.25, 0.3) is 0 Å². The molecule has 0 fully saturated rings. The first kappa shape index (κ1) is 15.3. The molecule has 7 heteroatoms. The summed E-state index contributed by atoms with van der Waals surface area (Å²) in [6.45, 7) is 1.66. The number of halogens is 1. The molecular formula is C12H16BrN3O3. The van der Waals surface area contributed by atoms with E-state index in [-0.39, 0.29) is 11.7 Å². The number of benzene rings is 1. The summed E-state index contributed by atoms with van der Waals surface area (Å²) in [5, 5.41) is 11.5. The fourth-order valence-electron chi connectivity index (χ4n) is 1.49. The van der Waals surface area contributed by atoms with Crippen molar-refractivity contribution in [3.63, 3.8) is 0 Å². The molecule has 0 radical (unpaired) electrons. The number of oxime groups is 1. The minimum Gasteiger partial charge on any atom is -0.496 e. The van der Waals surface area contributed by atoms with Gasteiger partial charge in [0.1, 0.15) is 5.75 Å². The van der Waals surface area contributed by atoms with Crippen molar-refractivity contribution in [3.8, 4) is 5.75 Å². The summed E-state index contributed by atoms with van der Waals surface area (Å²) in [5.41, 5.74) is 5.90. The molecule has 0 bridgehead atoms. The lowest BCUT2D eigenvalue weighted by molar-refractivity contribution is 0.0773. The average molecular weight is 330 g/mol. The molecule has 1 atom stereocenters. The largest absolute Gasteiger partial charge is 0.496 e. The van der Waals surface area contributed by atoms with E-state index in [0.717, 1.165) is 4.47 Å². The molecule has 0 aromatic heterocycles. The molecule has 0 aliphatic carbocycles. The topological polar surface area (TPSA) is 88.2 Å². The third kappa shape index (κ3) is 3.37. The molecule has 1 unspecified atom stereocenters. The first-order valence-corrected chi connectivity index (χ1v) is 6.29. The fourth-order valence-corrected chi connectivity index (χ4v) is 1.83. The molecule has 6 nitrogen and oxygen atoms in total. The van der Waals surface area contributed by atoms with Crippen molar-refractivity contribution in [3.05, 3.63) is 28.2 Å². The van der Waals surface area contributed by atoms with Crippen molar-refractivity contribution in [1.82, 2.24) is 4.90 Å². The maximum Gasteiger partial charge on any atom is 0.257 e. The monoisotopic (exact) mass is 329 g/mol. The van der Waals surface area contributed by atoms with E-state index in [2.05, 4.69) is 21.1 Å². The van der Waals surface area contributed by atoms with Gasteiger partial charge in [-0.15, -0.1) is 0 Å². The Hall–Kier alpha value is -1.76. The predicted octanol–water partition coefficient (Wildman–Crippen LogP) is 1.66. The van der Waals surface area contributed by atoms with E-state index >= 15 is 0 Å². The van der Waals surface area contributed by atoms with Crippen molar-refractivity contribution in [2.75, 3.05) is 14.2 Å². The number of methoxy groups -OCH3 is 1. The van der Waals surface area contributed by atoms with Crippen molar-refractivity contribution >= 4 is 27.7 Å². The van der Waals surface area contributed by atoms with Gasteiger partial charge in [-0.25, -0.2) is 0 Å². The lowest BCUT2D eigenvalue weighted by atomic mass is 10.1. The van der Waals surface area contributed by atoms with Crippen LogP contribution in [0.4, 0.5) is 0 Å². The summed E-state index contributed by atoms with van der Waals surface area (Å²) in [6, 6.07) is 4.58.